The molecule has 0 aliphatic heterocycles. The molecule has 1 heterocycles. The van der Waals surface area contributed by atoms with Gasteiger partial charge in [-0.15, -0.1) is 0 Å². The number of H-pyrrole nitrogens is 1. The highest BCUT2D eigenvalue weighted by Gasteiger charge is 2.16. The predicted octanol–water partition coefficient (Wildman–Crippen LogP) is 2.94. The van der Waals surface area contributed by atoms with Gasteiger partial charge in [0.2, 0.25) is 5.91 Å². The van der Waals surface area contributed by atoms with Gasteiger partial charge in [-0.1, -0.05) is 36.7 Å². The number of halogens is 1. The van der Waals surface area contributed by atoms with Gasteiger partial charge in [0.25, 0.3) is 5.91 Å². The van der Waals surface area contributed by atoms with Crippen LogP contribution in [0.3, 0.4) is 0 Å². The van der Waals surface area contributed by atoms with E-state index in [9.17, 15) is 9.59 Å². The number of likely N-dealkylation sites (N-methyl/N-ethyl adjacent to an activating group) is 1. The smallest absolute Gasteiger partial charge is 0.270 e. The molecule has 0 aliphatic rings. The Balaban J connectivity index is 1.98. The van der Waals surface area contributed by atoms with E-state index < -0.39 is 0 Å². The summed E-state index contributed by atoms with van der Waals surface area (Å²) in [6, 6.07) is 9.14. The molecule has 6 heteroatoms. The second-order valence-electron chi connectivity index (χ2n) is 4.95. The fraction of sp³-hybridized carbons (Fsp3) is 0.250. The number of carbonyl (C=O) groups is 2. The number of nitrogens with one attached hydrogen (secondary N) is 2. The van der Waals surface area contributed by atoms with Crippen molar-refractivity contribution in [3.63, 3.8) is 0 Å². The molecule has 0 saturated heterocycles. The Hall–Kier alpha value is -2.27. The van der Waals surface area contributed by atoms with Gasteiger partial charge in [0.1, 0.15) is 5.69 Å². The van der Waals surface area contributed by atoms with Crippen molar-refractivity contribution in [2.45, 2.75) is 13.3 Å². The molecule has 2 N–H and O–H groups in total. The van der Waals surface area contributed by atoms with E-state index in [0.29, 0.717) is 10.7 Å². The Bertz CT molecular complexity index is 682. The van der Waals surface area contributed by atoms with Crippen molar-refractivity contribution < 1.29 is 9.59 Å². The van der Waals surface area contributed by atoms with Gasteiger partial charge >= 0.3 is 0 Å². The van der Waals surface area contributed by atoms with Crippen LogP contribution in [-0.2, 0) is 11.2 Å². The first kappa shape index (κ1) is 16.1. The van der Waals surface area contributed by atoms with E-state index in [1.54, 1.807) is 7.05 Å². The van der Waals surface area contributed by atoms with Gasteiger partial charge in [0.15, 0.2) is 0 Å². The number of aromatic amines is 1. The molecular weight excluding hydrogens is 302 g/mol. The summed E-state index contributed by atoms with van der Waals surface area (Å²) in [5.41, 5.74) is 2.19. The maximum absolute atomic E-state index is 12.1. The highest BCUT2D eigenvalue weighted by atomic mass is 35.5. The van der Waals surface area contributed by atoms with Crippen molar-refractivity contribution in [1.29, 1.82) is 0 Å². The Labute approximate surface area is 134 Å². The number of hydrogen-bond donors (Lipinski definition) is 2. The van der Waals surface area contributed by atoms with Gasteiger partial charge in [-0.2, -0.15) is 0 Å². The van der Waals surface area contributed by atoms with Crippen LogP contribution in [0.15, 0.2) is 36.5 Å². The number of aryl methyl sites for hydroxylation is 1. The molecule has 116 valence electrons. The summed E-state index contributed by atoms with van der Waals surface area (Å²) in [6.45, 7) is 1.99. The molecule has 5 nitrogen and oxygen atoms in total. The van der Waals surface area contributed by atoms with E-state index >= 15 is 0 Å². The summed E-state index contributed by atoms with van der Waals surface area (Å²) in [5.74, 6) is -0.528. The Morgan fingerprint density at radius 2 is 2.05 bits per heavy atom. The molecule has 0 saturated carbocycles. The summed E-state index contributed by atoms with van der Waals surface area (Å²) in [6.07, 6.45) is 2.35. The van der Waals surface area contributed by atoms with E-state index in [4.69, 9.17) is 11.6 Å². The van der Waals surface area contributed by atoms with Crippen LogP contribution >= 0.6 is 11.6 Å². The molecule has 2 rings (SSSR count). The minimum absolute atomic E-state index is 0.0342. The molecule has 0 spiro atoms. The minimum atomic E-state index is -0.286. The number of carbonyl (C=O) groups excluding carboxylic acids is 2. The summed E-state index contributed by atoms with van der Waals surface area (Å²) < 4.78 is 0. The molecular formula is C16H18ClN3O2. The van der Waals surface area contributed by atoms with Crippen LogP contribution < -0.4 is 5.32 Å². The second-order valence-corrected chi connectivity index (χ2v) is 5.39. The number of aromatic nitrogens is 1. The number of rotatable bonds is 5. The Morgan fingerprint density at radius 1 is 1.32 bits per heavy atom. The van der Waals surface area contributed by atoms with Crippen LogP contribution in [0.5, 0.6) is 0 Å². The minimum Gasteiger partial charge on any atom is -0.356 e. The molecule has 0 unspecified atom stereocenters. The molecule has 0 radical (unpaired) electrons. The second kappa shape index (κ2) is 7.13. The number of anilines is 1. The van der Waals surface area contributed by atoms with Crippen molar-refractivity contribution in [2.75, 3.05) is 18.9 Å². The van der Waals surface area contributed by atoms with Crippen molar-refractivity contribution in [3.05, 3.63) is 52.8 Å². The lowest BCUT2D eigenvalue weighted by Gasteiger charge is -2.17. The predicted molar refractivity (Wildman–Crippen MR) is 87.2 cm³/mol. The van der Waals surface area contributed by atoms with Crippen LogP contribution in [-0.4, -0.2) is 35.3 Å². The van der Waals surface area contributed by atoms with Crippen molar-refractivity contribution in [3.8, 4) is 0 Å². The molecule has 0 atom stereocenters. The molecule has 0 aliphatic carbocycles. The average Bonchev–Trinajstić information content (AvgIpc) is 2.93. The molecule has 1 aromatic heterocycles. The van der Waals surface area contributed by atoms with Crippen molar-refractivity contribution >= 4 is 29.1 Å². The van der Waals surface area contributed by atoms with Crippen molar-refractivity contribution in [1.82, 2.24) is 9.88 Å². The van der Waals surface area contributed by atoms with E-state index in [2.05, 4.69) is 10.3 Å². The summed E-state index contributed by atoms with van der Waals surface area (Å²) in [7, 11) is 1.57. The third-order valence-corrected chi connectivity index (χ3v) is 3.50. The van der Waals surface area contributed by atoms with Crippen LogP contribution in [0, 0.1) is 0 Å². The highest BCUT2D eigenvalue weighted by Crippen LogP contribution is 2.15. The van der Waals surface area contributed by atoms with Crippen molar-refractivity contribution in [2.24, 2.45) is 0 Å². The molecule has 2 amide bonds. The number of hydrogen-bond acceptors (Lipinski definition) is 2. The first-order valence-corrected chi connectivity index (χ1v) is 7.36. The maximum Gasteiger partial charge on any atom is 0.270 e. The van der Waals surface area contributed by atoms with Crippen LogP contribution in [0.1, 0.15) is 23.0 Å². The number of amides is 2. The Kier molecular flexibility index (Phi) is 5.22. The number of benzene rings is 1. The fourth-order valence-corrected chi connectivity index (χ4v) is 2.29. The monoisotopic (exact) mass is 319 g/mol. The zero-order chi connectivity index (χ0) is 16.1. The molecule has 0 bridgehead atoms. The Morgan fingerprint density at radius 3 is 2.68 bits per heavy atom. The van der Waals surface area contributed by atoms with Gasteiger partial charge in [-0.3, -0.25) is 9.59 Å². The first-order valence-electron chi connectivity index (χ1n) is 6.98. The van der Waals surface area contributed by atoms with E-state index in [-0.39, 0.29) is 18.4 Å². The largest absolute Gasteiger partial charge is 0.356 e. The van der Waals surface area contributed by atoms with E-state index in [0.717, 1.165) is 17.7 Å². The third-order valence-electron chi connectivity index (χ3n) is 3.28. The average molecular weight is 320 g/mol. The van der Waals surface area contributed by atoms with Gasteiger partial charge in [-0.05, 0) is 24.1 Å². The normalized spacial score (nSPS) is 10.3. The van der Waals surface area contributed by atoms with Gasteiger partial charge < -0.3 is 15.2 Å². The molecule has 0 fully saturated rings. The first-order chi connectivity index (χ1) is 10.5. The van der Waals surface area contributed by atoms with Crippen LogP contribution in [0.25, 0.3) is 0 Å². The highest BCUT2D eigenvalue weighted by molar-refractivity contribution is 6.31. The van der Waals surface area contributed by atoms with E-state index in [1.165, 1.54) is 17.2 Å². The maximum atomic E-state index is 12.1. The summed E-state index contributed by atoms with van der Waals surface area (Å²) in [5, 5.41) is 3.29. The topological polar surface area (TPSA) is 65.2 Å². The summed E-state index contributed by atoms with van der Waals surface area (Å²) in [4.78, 5) is 28.3. The van der Waals surface area contributed by atoms with Gasteiger partial charge in [-0.25, -0.2) is 0 Å². The quantitative estimate of drug-likeness (QED) is 0.890. The standard InChI is InChI=1S/C16H18ClN3O2/c1-3-11-6-4-5-7-13(11)19-15(21)10-20(2)16(22)14-8-12(17)9-18-14/h4-9,18H,3,10H2,1-2H3,(H,19,21). The zero-order valence-electron chi connectivity index (χ0n) is 12.5. The van der Waals surface area contributed by atoms with Crippen LogP contribution in [0.4, 0.5) is 5.69 Å². The third kappa shape index (κ3) is 3.89. The SMILES string of the molecule is CCc1ccccc1NC(=O)CN(C)C(=O)c1cc(Cl)c[nH]1. The number of nitrogens with zero attached hydrogens (tertiary/aromatic N) is 1. The molecule has 22 heavy (non-hydrogen) atoms. The molecule has 2 aromatic rings. The lowest BCUT2D eigenvalue weighted by molar-refractivity contribution is -0.116. The zero-order valence-corrected chi connectivity index (χ0v) is 13.3. The molecule has 1 aromatic carbocycles. The summed E-state index contributed by atoms with van der Waals surface area (Å²) >= 11 is 5.77. The lowest BCUT2D eigenvalue weighted by Crippen LogP contribution is -2.35. The van der Waals surface area contributed by atoms with Gasteiger partial charge in [0.05, 0.1) is 11.6 Å². The van der Waals surface area contributed by atoms with E-state index in [1.807, 2.05) is 31.2 Å². The van der Waals surface area contributed by atoms with Crippen LogP contribution in [0.2, 0.25) is 5.02 Å². The lowest BCUT2D eigenvalue weighted by atomic mass is 10.1. The fourth-order valence-electron chi connectivity index (χ4n) is 2.12. The number of para-hydroxylation sites is 1. The van der Waals surface area contributed by atoms with Gasteiger partial charge in [0, 0.05) is 18.9 Å².